The minimum Gasteiger partial charge on any atom is -0.497 e. The minimum atomic E-state index is -0.125. The van der Waals surface area contributed by atoms with Crippen LogP contribution in [0.3, 0.4) is 0 Å². The van der Waals surface area contributed by atoms with Gasteiger partial charge in [-0.05, 0) is 42.2 Å². The third-order valence-corrected chi connectivity index (χ3v) is 6.77. The van der Waals surface area contributed by atoms with Crippen molar-refractivity contribution in [1.82, 2.24) is 9.47 Å². The highest BCUT2D eigenvalue weighted by molar-refractivity contribution is 6.02. The molecule has 5 rings (SSSR count). The summed E-state index contributed by atoms with van der Waals surface area (Å²) in [5.74, 6) is 1.47. The Morgan fingerprint density at radius 2 is 1.73 bits per heavy atom. The number of nitrogens with zero attached hydrogens (tertiary/aromatic N) is 2. The molecule has 0 saturated carbocycles. The zero-order chi connectivity index (χ0) is 23.1. The molecule has 33 heavy (non-hydrogen) atoms. The lowest BCUT2D eigenvalue weighted by molar-refractivity contribution is 0.0742. The van der Waals surface area contributed by atoms with Crippen molar-refractivity contribution in [3.05, 3.63) is 89.5 Å². The van der Waals surface area contributed by atoms with Crippen LogP contribution in [0.25, 0.3) is 22.2 Å². The predicted octanol–water partition coefficient (Wildman–Crippen LogP) is 6.45. The van der Waals surface area contributed by atoms with Crippen molar-refractivity contribution in [1.29, 1.82) is 0 Å². The normalized spacial score (nSPS) is 15.5. The van der Waals surface area contributed by atoms with E-state index in [0.29, 0.717) is 5.92 Å². The van der Waals surface area contributed by atoms with Crippen LogP contribution in [0, 0.1) is 5.92 Å². The summed E-state index contributed by atoms with van der Waals surface area (Å²) in [6.45, 7) is 5.15. The number of rotatable bonds is 6. The van der Waals surface area contributed by atoms with Crippen LogP contribution in [0.15, 0.2) is 72.8 Å². The molecule has 1 amide bonds. The first kappa shape index (κ1) is 21.3. The number of fused-ring (bicyclic) bond motifs is 2. The summed E-state index contributed by atoms with van der Waals surface area (Å²) in [6, 6.07) is 24.7. The van der Waals surface area contributed by atoms with Crippen molar-refractivity contribution in [2.45, 2.75) is 26.3 Å². The highest BCUT2D eigenvalue weighted by Crippen LogP contribution is 2.46. The van der Waals surface area contributed by atoms with E-state index >= 15 is 0 Å². The fourth-order valence-electron chi connectivity index (χ4n) is 5.13. The molecule has 2 heterocycles. The molecule has 1 aliphatic rings. The van der Waals surface area contributed by atoms with E-state index in [1.165, 1.54) is 10.9 Å². The van der Waals surface area contributed by atoms with Crippen LogP contribution in [0.2, 0.25) is 0 Å². The maximum Gasteiger partial charge on any atom is 0.255 e. The molecule has 4 aromatic rings. The lowest BCUT2D eigenvalue weighted by Gasteiger charge is -2.27. The van der Waals surface area contributed by atoms with E-state index in [4.69, 9.17) is 4.74 Å². The second-order valence-corrected chi connectivity index (χ2v) is 9.24. The summed E-state index contributed by atoms with van der Waals surface area (Å²) in [6.07, 6.45) is 0.968. The van der Waals surface area contributed by atoms with Gasteiger partial charge in [-0.15, -0.1) is 0 Å². The average Bonchev–Trinajstić information content (AvgIpc) is 3.28. The summed E-state index contributed by atoms with van der Waals surface area (Å²) in [5, 5.41) is 1.18. The molecule has 168 valence electrons. The third-order valence-electron chi connectivity index (χ3n) is 6.77. The van der Waals surface area contributed by atoms with Crippen molar-refractivity contribution in [3.8, 4) is 17.0 Å². The zero-order valence-electron chi connectivity index (χ0n) is 19.7. The average molecular weight is 439 g/mol. The SMILES string of the molecule is COc1cccc(-c2c([C@H]3c4ccccc4C(=O)N3CCC(C)C)c3ccccc3n2C)c1. The van der Waals surface area contributed by atoms with Crippen molar-refractivity contribution >= 4 is 16.8 Å². The monoisotopic (exact) mass is 438 g/mol. The summed E-state index contributed by atoms with van der Waals surface area (Å²) < 4.78 is 7.80. The van der Waals surface area contributed by atoms with Gasteiger partial charge in [0.1, 0.15) is 5.75 Å². The molecule has 0 aliphatic carbocycles. The number of benzene rings is 3. The molecule has 0 N–H and O–H groups in total. The topological polar surface area (TPSA) is 34.5 Å². The van der Waals surface area contributed by atoms with Crippen LogP contribution in [0.1, 0.15) is 47.8 Å². The van der Waals surface area contributed by atoms with Gasteiger partial charge in [0.15, 0.2) is 0 Å². The Kier molecular flexibility index (Phi) is 5.45. The van der Waals surface area contributed by atoms with Gasteiger partial charge in [-0.1, -0.05) is 62.4 Å². The van der Waals surface area contributed by atoms with Crippen LogP contribution >= 0.6 is 0 Å². The van der Waals surface area contributed by atoms with E-state index in [-0.39, 0.29) is 11.9 Å². The largest absolute Gasteiger partial charge is 0.497 e. The summed E-state index contributed by atoms with van der Waals surface area (Å²) >= 11 is 0. The maximum absolute atomic E-state index is 13.6. The summed E-state index contributed by atoms with van der Waals surface area (Å²) in [4.78, 5) is 15.7. The molecular formula is C29H30N2O2. The van der Waals surface area contributed by atoms with Crippen LogP contribution in [-0.4, -0.2) is 29.0 Å². The minimum absolute atomic E-state index is 0.125. The lowest BCUT2D eigenvalue weighted by Crippen LogP contribution is -2.30. The van der Waals surface area contributed by atoms with Gasteiger partial charge in [0.2, 0.25) is 0 Å². The second-order valence-electron chi connectivity index (χ2n) is 9.24. The van der Waals surface area contributed by atoms with E-state index in [0.717, 1.165) is 46.6 Å². The van der Waals surface area contributed by atoms with E-state index in [1.807, 2.05) is 30.3 Å². The first-order valence-electron chi connectivity index (χ1n) is 11.6. The van der Waals surface area contributed by atoms with Gasteiger partial charge in [0, 0.05) is 41.2 Å². The molecule has 1 atom stereocenters. The molecule has 3 aromatic carbocycles. The predicted molar refractivity (Wildman–Crippen MR) is 134 cm³/mol. The Morgan fingerprint density at radius 3 is 2.52 bits per heavy atom. The lowest BCUT2D eigenvalue weighted by atomic mass is 9.93. The maximum atomic E-state index is 13.6. The van der Waals surface area contributed by atoms with Crippen molar-refractivity contribution in [3.63, 3.8) is 0 Å². The first-order valence-corrected chi connectivity index (χ1v) is 11.6. The smallest absolute Gasteiger partial charge is 0.255 e. The molecule has 0 spiro atoms. The molecule has 0 fully saturated rings. The van der Waals surface area contributed by atoms with Crippen molar-refractivity contribution in [2.75, 3.05) is 13.7 Å². The quantitative estimate of drug-likeness (QED) is 0.347. The molecule has 0 bridgehead atoms. The number of carbonyl (C=O) groups excluding carboxylic acids is 1. The van der Waals surface area contributed by atoms with Gasteiger partial charge in [-0.2, -0.15) is 0 Å². The number of aromatic nitrogens is 1. The van der Waals surface area contributed by atoms with Gasteiger partial charge in [-0.3, -0.25) is 4.79 Å². The Hall–Kier alpha value is -3.53. The van der Waals surface area contributed by atoms with E-state index in [2.05, 4.69) is 72.8 Å². The molecule has 0 unspecified atom stereocenters. The number of amides is 1. The number of ether oxygens (including phenoxy) is 1. The zero-order valence-corrected chi connectivity index (χ0v) is 19.7. The fourth-order valence-corrected chi connectivity index (χ4v) is 5.13. The summed E-state index contributed by atoms with van der Waals surface area (Å²) in [5.41, 5.74) is 6.46. The Balaban J connectivity index is 1.80. The van der Waals surface area contributed by atoms with Gasteiger partial charge in [0.05, 0.1) is 18.8 Å². The van der Waals surface area contributed by atoms with Gasteiger partial charge >= 0.3 is 0 Å². The number of carbonyl (C=O) groups is 1. The van der Waals surface area contributed by atoms with E-state index in [9.17, 15) is 4.79 Å². The third kappa shape index (κ3) is 3.50. The number of hydrogen-bond donors (Lipinski definition) is 0. The number of para-hydroxylation sites is 1. The fraction of sp³-hybridized carbons (Fsp3) is 0.276. The van der Waals surface area contributed by atoms with Crippen LogP contribution < -0.4 is 4.74 Å². The molecule has 4 nitrogen and oxygen atoms in total. The number of hydrogen-bond acceptors (Lipinski definition) is 2. The number of methoxy groups -OCH3 is 1. The number of aryl methyl sites for hydroxylation is 1. The second kappa shape index (κ2) is 8.43. The van der Waals surface area contributed by atoms with Gasteiger partial charge in [0.25, 0.3) is 5.91 Å². The van der Waals surface area contributed by atoms with Gasteiger partial charge in [-0.25, -0.2) is 0 Å². The van der Waals surface area contributed by atoms with Gasteiger partial charge < -0.3 is 14.2 Å². The van der Waals surface area contributed by atoms with Crippen LogP contribution in [0.4, 0.5) is 0 Å². The molecule has 4 heteroatoms. The van der Waals surface area contributed by atoms with E-state index in [1.54, 1.807) is 7.11 Å². The Bertz CT molecular complexity index is 1330. The molecule has 1 aromatic heterocycles. The van der Waals surface area contributed by atoms with Crippen molar-refractivity contribution < 1.29 is 9.53 Å². The van der Waals surface area contributed by atoms with Crippen LogP contribution in [0.5, 0.6) is 5.75 Å². The first-order chi connectivity index (χ1) is 16.0. The Labute approximate surface area is 195 Å². The Morgan fingerprint density at radius 1 is 0.970 bits per heavy atom. The molecule has 1 aliphatic heterocycles. The molecule has 0 saturated heterocycles. The molecule has 0 radical (unpaired) electrons. The van der Waals surface area contributed by atoms with Crippen LogP contribution in [-0.2, 0) is 7.05 Å². The summed E-state index contributed by atoms with van der Waals surface area (Å²) in [7, 11) is 3.81. The highest BCUT2D eigenvalue weighted by atomic mass is 16.5. The highest BCUT2D eigenvalue weighted by Gasteiger charge is 2.40. The van der Waals surface area contributed by atoms with Crippen molar-refractivity contribution in [2.24, 2.45) is 13.0 Å². The standard InChI is InChI=1S/C29H30N2O2/c1-19(2)16-17-31-28(22-12-5-6-13-23(22)29(31)32)26-24-14-7-8-15-25(24)30(3)27(26)20-10-9-11-21(18-20)33-4/h5-15,18-19,28H,16-17H2,1-4H3/t28-/m1/s1. The van der Waals surface area contributed by atoms with E-state index < -0.39 is 0 Å². The molecular weight excluding hydrogens is 408 g/mol.